The quantitative estimate of drug-likeness (QED) is 0.565. The second kappa shape index (κ2) is 9.27. The van der Waals surface area contributed by atoms with E-state index < -0.39 is 5.92 Å². The molecule has 2 aromatic rings. The minimum absolute atomic E-state index is 0.0277. The zero-order valence-electron chi connectivity index (χ0n) is 17.3. The van der Waals surface area contributed by atoms with E-state index in [1.54, 1.807) is 24.3 Å². The molecular weight excluding hydrogens is 496 g/mol. The summed E-state index contributed by atoms with van der Waals surface area (Å²) in [6, 6.07) is 13.0. The molecule has 6 nitrogen and oxygen atoms in total. The Morgan fingerprint density at radius 1 is 1.25 bits per heavy atom. The fourth-order valence-electron chi connectivity index (χ4n) is 3.95. The summed E-state index contributed by atoms with van der Waals surface area (Å²) < 4.78 is 17.9. The van der Waals surface area contributed by atoms with Crippen LogP contribution < -0.4 is 15.2 Å². The van der Waals surface area contributed by atoms with E-state index >= 15 is 0 Å². The van der Waals surface area contributed by atoms with Gasteiger partial charge in [0.1, 0.15) is 24.0 Å². The third-order valence-corrected chi connectivity index (χ3v) is 6.45. The number of methoxy groups -OCH3 is 1. The van der Waals surface area contributed by atoms with Crippen molar-refractivity contribution >= 4 is 33.3 Å². The van der Waals surface area contributed by atoms with Crippen molar-refractivity contribution in [2.24, 2.45) is 5.73 Å². The molecule has 0 amide bonds. The molecule has 1 heterocycles. The van der Waals surface area contributed by atoms with Crippen LogP contribution in [0.5, 0.6) is 11.5 Å². The molecule has 2 N–H and O–H groups in total. The minimum Gasteiger partial charge on any atom is -0.493 e. The molecule has 1 atom stereocenters. The van der Waals surface area contributed by atoms with Crippen molar-refractivity contribution in [3.63, 3.8) is 0 Å². The van der Waals surface area contributed by atoms with Crippen LogP contribution in [0.3, 0.4) is 0 Å². The van der Waals surface area contributed by atoms with Crippen LogP contribution in [-0.4, -0.2) is 12.9 Å². The number of allylic oxidation sites excluding steroid dienone is 3. The lowest BCUT2D eigenvalue weighted by atomic mass is 9.77. The van der Waals surface area contributed by atoms with Crippen LogP contribution in [0.4, 0.5) is 0 Å². The first-order valence-electron chi connectivity index (χ1n) is 10.0. The lowest BCUT2D eigenvalue weighted by Gasteiger charge is -2.31. The van der Waals surface area contributed by atoms with E-state index in [1.807, 2.05) is 12.1 Å². The molecule has 1 aliphatic heterocycles. The number of nitriles is 1. The van der Waals surface area contributed by atoms with Gasteiger partial charge in [0.05, 0.1) is 13.0 Å². The van der Waals surface area contributed by atoms with Crippen molar-refractivity contribution in [2.45, 2.75) is 31.8 Å². The summed E-state index contributed by atoms with van der Waals surface area (Å²) in [7, 11) is 1.54. The molecule has 0 radical (unpaired) electrons. The number of hydrogen-bond donors (Lipinski definition) is 1. The number of Topliss-reactive ketones (excluding diaryl/α,β-unsaturated/α-hetero) is 1. The summed E-state index contributed by atoms with van der Waals surface area (Å²) in [6.45, 7) is 0.320. The SMILES string of the molecule is COc1cc([C@@H]2C(C#N)=C(N)OC3=C2C(=O)CCC3)c(Br)cc1OCc1ccc(Cl)cc1. The van der Waals surface area contributed by atoms with E-state index in [4.69, 9.17) is 31.5 Å². The highest BCUT2D eigenvalue weighted by molar-refractivity contribution is 9.10. The van der Waals surface area contributed by atoms with Crippen molar-refractivity contribution in [2.75, 3.05) is 7.11 Å². The number of carbonyl (C=O) groups excluding carboxylic acids is 1. The van der Waals surface area contributed by atoms with E-state index in [-0.39, 0.29) is 17.2 Å². The number of rotatable bonds is 5. The normalized spacial score (nSPS) is 18.1. The number of ether oxygens (including phenoxy) is 3. The maximum Gasteiger partial charge on any atom is 0.205 e. The number of hydrogen-bond acceptors (Lipinski definition) is 6. The first kappa shape index (κ1) is 22.3. The van der Waals surface area contributed by atoms with E-state index in [0.29, 0.717) is 63.8 Å². The maximum absolute atomic E-state index is 12.8. The van der Waals surface area contributed by atoms with Crippen LogP contribution in [-0.2, 0) is 16.1 Å². The van der Waals surface area contributed by atoms with E-state index in [2.05, 4.69) is 22.0 Å². The molecule has 0 fully saturated rings. The summed E-state index contributed by atoms with van der Waals surface area (Å²) in [5, 5.41) is 10.4. The maximum atomic E-state index is 12.8. The number of nitrogens with two attached hydrogens (primary N) is 1. The second-order valence-electron chi connectivity index (χ2n) is 7.48. The van der Waals surface area contributed by atoms with Gasteiger partial charge in [0.2, 0.25) is 5.88 Å². The van der Waals surface area contributed by atoms with Crippen LogP contribution in [0.15, 0.2) is 63.7 Å². The zero-order valence-corrected chi connectivity index (χ0v) is 19.6. The first-order valence-corrected chi connectivity index (χ1v) is 11.2. The fourth-order valence-corrected chi connectivity index (χ4v) is 4.63. The summed E-state index contributed by atoms with van der Waals surface area (Å²) in [5.41, 5.74) is 8.38. The van der Waals surface area contributed by atoms with Gasteiger partial charge in [0, 0.05) is 27.9 Å². The van der Waals surface area contributed by atoms with E-state index in [0.717, 1.165) is 5.56 Å². The van der Waals surface area contributed by atoms with Gasteiger partial charge in [-0.1, -0.05) is 39.7 Å². The molecule has 0 aromatic heterocycles. The predicted molar refractivity (Wildman–Crippen MR) is 123 cm³/mol. The Morgan fingerprint density at radius 2 is 2.00 bits per heavy atom. The minimum atomic E-state index is -0.634. The molecule has 0 saturated carbocycles. The van der Waals surface area contributed by atoms with Gasteiger partial charge in [0.25, 0.3) is 0 Å². The van der Waals surface area contributed by atoms with Gasteiger partial charge in [0.15, 0.2) is 17.3 Å². The molecule has 0 bridgehead atoms. The molecule has 0 unspecified atom stereocenters. The topological polar surface area (TPSA) is 94.6 Å². The van der Waals surface area contributed by atoms with Gasteiger partial charge >= 0.3 is 0 Å². The standard InChI is InChI=1S/C24H20BrClN2O4/c1-30-20-9-15(17(25)10-21(20)31-12-13-5-7-14(26)8-6-13)22-16(11-27)24(28)32-19-4-2-3-18(29)23(19)22/h5-10,22H,2-4,12,28H2,1H3/t22-/m1/s1. The highest BCUT2D eigenvalue weighted by Crippen LogP contribution is 2.47. The predicted octanol–water partition coefficient (Wildman–Crippen LogP) is 5.50. The van der Waals surface area contributed by atoms with Crippen molar-refractivity contribution in [1.29, 1.82) is 5.26 Å². The molecule has 164 valence electrons. The third kappa shape index (κ3) is 4.21. The Balaban J connectivity index is 1.73. The first-order chi connectivity index (χ1) is 15.4. The summed E-state index contributed by atoms with van der Waals surface area (Å²) >= 11 is 9.54. The third-order valence-electron chi connectivity index (χ3n) is 5.51. The number of carbonyl (C=O) groups is 1. The zero-order chi connectivity index (χ0) is 22.8. The Morgan fingerprint density at radius 3 is 2.69 bits per heavy atom. The second-order valence-corrected chi connectivity index (χ2v) is 8.77. The smallest absolute Gasteiger partial charge is 0.205 e. The lowest BCUT2D eigenvalue weighted by Crippen LogP contribution is -2.27. The van der Waals surface area contributed by atoms with Crippen molar-refractivity contribution in [3.8, 4) is 17.6 Å². The summed E-state index contributed by atoms with van der Waals surface area (Å²) in [5.74, 6) is 0.891. The fraction of sp³-hybridized carbons (Fsp3) is 0.250. The van der Waals surface area contributed by atoms with Crippen LogP contribution >= 0.6 is 27.5 Å². The Kier molecular flexibility index (Phi) is 6.45. The Hall–Kier alpha value is -2.95. The number of halogens is 2. The molecule has 4 rings (SSSR count). The highest BCUT2D eigenvalue weighted by Gasteiger charge is 2.39. The van der Waals surface area contributed by atoms with E-state index in [9.17, 15) is 10.1 Å². The average molecular weight is 516 g/mol. The van der Waals surface area contributed by atoms with Crippen molar-refractivity contribution in [3.05, 3.63) is 79.8 Å². The number of ketones is 1. The van der Waals surface area contributed by atoms with Crippen molar-refractivity contribution < 1.29 is 19.0 Å². The van der Waals surface area contributed by atoms with Gasteiger partial charge in [-0.15, -0.1) is 0 Å². The molecule has 0 saturated heterocycles. The van der Waals surface area contributed by atoms with Crippen molar-refractivity contribution in [1.82, 2.24) is 0 Å². The van der Waals surface area contributed by atoms with Gasteiger partial charge in [-0.05, 0) is 41.8 Å². The molecule has 32 heavy (non-hydrogen) atoms. The largest absolute Gasteiger partial charge is 0.493 e. The highest BCUT2D eigenvalue weighted by atomic mass is 79.9. The molecule has 2 aromatic carbocycles. The molecule has 2 aliphatic rings. The Labute approximate surface area is 199 Å². The lowest BCUT2D eigenvalue weighted by molar-refractivity contribution is -0.116. The summed E-state index contributed by atoms with van der Waals surface area (Å²) in [4.78, 5) is 12.8. The van der Waals surface area contributed by atoms with Crippen LogP contribution in [0.25, 0.3) is 0 Å². The molecular formula is C24H20BrClN2O4. The molecule has 0 spiro atoms. The number of nitrogens with zero attached hydrogens (tertiary/aromatic N) is 1. The van der Waals surface area contributed by atoms with Crippen LogP contribution in [0.2, 0.25) is 5.02 Å². The average Bonchev–Trinajstić information content (AvgIpc) is 2.78. The molecule has 8 heteroatoms. The van der Waals surface area contributed by atoms with Gasteiger partial charge in [-0.3, -0.25) is 4.79 Å². The van der Waals surface area contributed by atoms with Gasteiger partial charge in [-0.25, -0.2) is 0 Å². The van der Waals surface area contributed by atoms with Gasteiger partial charge in [-0.2, -0.15) is 5.26 Å². The van der Waals surface area contributed by atoms with Crippen LogP contribution in [0.1, 0.15) is 36.3 Å². The Bertz CT molecular complexity index is 1180. The number of benzene rings is 2. The van der Waals surface area contributed by atoms with Gasteiger partial charge < -0.3 is 19.9 Å². The van der Waals surface area contributed by atoms with Crippen LogP contribution in [0, 0.1) is 11.3 Å². The summed E-state index contributed by atoms with van der Waals surface area (Å²) in [6.07, 6.45) is 1.71. The monoisotopic (exact) mass is 514 g/mol. The molecule has 1 aliphatic carbocycles. The van der Waals surface area contributed by atoms with E-state index in [1.165, 1.54) is 7.11 Å².